The van der Waals surface area contributed by atoms with E-state index >= 15 is 0 Å². The maximum atomic E-state index is 6.29. The van der Waals surface area contributed by atoms with Crippen molar-refractivity contribution in [1.29, 1.82) is 0 Å². The first kappa shape index (κ1) is 17.6. The molecular weight excluding hydrogens is 382 g/mol. The number of ether oxygens (including phenoxy) is 1. The average Bonchev–Trinajstić information content (AvgIpc) is 2.78. The van der Waals surface area contributed by atoms with E-state index in [1.54, 1.807) is 6.20 Å². The van der Waals surface area contributed by atoms with Crippen molar-refractivity contribution in [3.8, 4) is 17.0 Å². The molecule has 5 heteroatoms. The van der Waals surface area contributed by atoms with Gasteiger partial charge < -0.3 is 4.74 Å². The molecule has 29 heavy (non-hydrogen) atoms. The van der Waals surface area contributed by atoms with Crippen molar-refractivity contribution >= 4 is 33.3 Å². The molecule has 0 radical (unpaired) electrons. The smallest absolute Gasteiger partial charge is 0.224 e. The van der Waals surface area contributed by atoms with Gasteiger partial charge in [-0.15, -0.1) is 0 Å². The van der Waals surface area contributed by atoms with E-state index in [0.29, 0.717) is 17.6 Å². The highest BCUT2D eigenvalue weighted by Crippen LogP contribution is 2.34. The van der Waals surface area contributed by atoms with Crippen LogP contribution in [0.15, 0.2) is 85.3 Å². The Labute approximate surface area is 172 Å². The van der Waals surface area contributed by atoms with E-state index in [1.807, 2.05) is 66.7 Å². The number of hydrogen-bond acceptors (Lipinski definition) is 4. The van der Waals surface area contributed by atoms with Crippen LogP contribution in [0.2, 0.25) is 5.15 Å². The number of hydrogen-bond donors (Lipinski definition) is 0. The van der Waals surface area contributed by atoms with E-state index in [-0.39, 0.29) is 0 Å². The number of halogens is 1. The van der Waals surface area contributed by atoms with Gasteiger partial charge in [0.15, 0.2) is 0 Å². The maximum absolute atomic E-state index is 6.29. The zero-order chi connectivity index (χ0) is 19.6. The molecule has 2 heterocycles. The summed E-state index contributed by atoms with van der Waals surface area (Å²) in [5, 5.41) is 3.34. The number of nitrogens with zero attached hydrogens (tertiary/aromatic N) is 3. The summed E-state index contributed by atoms with van der Waals surface area (Å²) in [5.41, 5.74) is 3.93. The predicted octanol–water partition coefficient (Wildman–Crippen LogP) is 6.08. The number of pyridine rings is 1. The molecule has 0 saturated carbocycles. The first-order chi connectivity index (χ1) is 14.3. The van der Waals surface area contributed by atoms with E-state index in [0.717, 1.165) is 38.4 Å². The molecule has 0 atom stereocenters. The van der Waals surface area contributed by atoms with Gasteiger partial charge in [0.1, 0.15) is 18.1 Å². The molecular formula is C24H16ClN3O. The van der Waals surface area contributed by atoms with Gasteiger partial charge in [0, 0.05) is 17.1 Å². The predicted molar refractivity (Wildman–Crippen MR) is 116 cm³/mol. The standard InChI is InChI=1S/C24H16ClN3O/c25-23-19-9-5-4-8-18(19)21(13-26-23)17-10-11-22-20(12-17)24(28-15-27-22)29-14-16-6-2-1-3-7-16/h1-13,15H,14H2. The van der Waals surface area contributed by atoms with Gasteiger partial charge in [-0.25, -0.2) is 15.0 Å². The molecule has 5 aromatic rings. The van der Waals surface area contributed by atoms with Crippen molar-refractivity contribution in [3.63, 3.8) is 0 Å². The number of aromatic nitrogens is 3. The molecule has 0 amide bonds. The molecule has 4 nitrogen and oxygen atoms in total. The fraction of sp³-hybridized carbons (Fsp3) is 0.0417. The lowest BCUT2D eigenvalue weighted by atomic mass is 10.00. The number of rotatable bonds is 4. The molecule has 0 aliphatic rings. The van der Waals surface area contributed by atoms with Gasteiger partial charge in [0.25, 0.3) is 0 Å². The summed E-state index contributed by atoms with van der Waals surface area (Å²) in [4.78, 5) is 13.1. The van der Waals surface area contributed by atoms with Crippen LogP contribution in [0.25, 0.3) is 32.8 Å². The summed E-state index contributed by atoms with van der Waals surface area (Å²) < 4.78 is 6.01. The van der Waals surface area contributed by atoms with Gasteiger partial charge >= 0.3 is 0 Å². The summed E-state index contributed by atoms with van der Waals surface area (Å²) in [5.74, 6) is 0.562. The van der Waals surface area contributed by atoms with E-state index in [2.05, 4.69) is 21.0 Å². The topological polar surface area (TPSA) is 47.9 Å². The molecule has 0 saturated heterocycles. The largest absolute Gasteiger partial charge is 0.472 e. The van der Waals surface area contributed by atoms with Crippen molar-refractivity contribution in [3.05, 3.63) is 96.0 Å². The second-order valence-corrected chi connectivity index (χ2v) is 7.05. The monoisotopic (exact) mass is 397 g/mol. The molecule has 0 aliphatic heterocycles. The van der Waals surface area contributed by atoms with Crippen molar-refractivity contribution in [1.82, 2.24) is 15.0 Å². The van der Waals surface area contributed by atoms with Crippen molar-refractivity contribution < 1.29 is 4.74 Å². The van der Waals surface area contributed by atoms with E-state index in [4.69, 9.17) is 16.3 Å². The third-order valence-electron chi connectivity index (χ3n) is 4.87. The first-order valence-corrected chi connectivity index (χ1v) is 9.62. The minimum Gasteiger partial charge on any atom is -0.472 e. The van der Waals surface area contributed by atoms with E-state index in [9.17, 15) is 0 Å². The Bertz CT molecular complexity index is 1320. The Morgan fingerprint density at radius 3 is 2.41 bits per heavy atom. The van der Waals surface area contributed by atoms with Crippen LogP contribution in [0.5, 0.6) is 5.88 Å². The highest BCUT2D eigenvalue weighted by atomic mass is 35.5. The Morgan fingerprint density at radius 1 is 0.759 bits per heavy atom. The van der Waals surface area contributed by atoms with Crippen LogP contribution in [0.4, 0.5) is 0 Å². The average molecular weight is 398 g/mol. The minimum absolute atomic E-state index is 0.447. The molecule has 2 aromatic heterocycles. The summed E-state index contributed by atoms with van der Waals surface area (Å²) in [6.45, 7) is 0.447. The lowest BCUT2D eigenvalue weighted by molar-refractivity contribution is 0.297. The van der Waals surface area contributed by atoms with Crippen LogP contribution in [-0.2, 0) is 6.61 Å². The van der Waals surface area contributed by atoms with Gasteiger partial charge in [-0.2, -0.15) is 0 Å². The molecule has 0 N–H and O–H groups in total. The van der Waals surface area contributed by atoms with E-state index in [1.165, 1.54) is 6.33 Å². The van der Waals surface area contributed by atoms with Crippen molar-refractivity contribution in [2.45, 2.75) is 6.61 Å². The first-order valence-electron chi connectivity index (χ1n) is 9.25. The minimum atomic E-state index is 0.447. The van der Waals surface area contributed by atoms with E-state index < -0.39 is 0 Å². The third kappa shape index (κ3) is 3.39. The van der Waals surface area contributed by atoms with Crippen LogP contribution in [-0.4, -0.2) is 15.0 Å². The Morgan fingerprint density at radius 2 is 1.55 bits per heavy atom. The summed E-state index contributed by atoms with van der Waals surface area (Å²) >= 11 is 6.29. The highest BCUT2D eigenvalue weighted by Gasteiger charge is 2.11. The van der Waals surface area contributed by atoms with Crippen LogP contribution in [0.1, 0.15) is 5.56 Å². The van der Waals surface area contributed by atoms with Gasteiger partial charge in [-0.05, 0) is 28.6 Å². The lowest BCUT2D eigenvalue weighted by Gasteiger charge is -2.11. The molecule has 0 fully saturated rings. The van der Waals surface area contributed by atoms with Crippen LogP contribution in [0, 0.1) is 0 Å². The van der Waals surface area contributed by atoms with Crippen molar-refractivity contribution in [2.75, 3.05) is 0 Å². The number of fused-ring (bicyclic) bond motifs is 2. The molecule has 5 rings (SSSR count). The second kappa shape index (κ2) is 7.49. The fourth-order valence-corrected chi connectivity index (χ4v) is 3.64. The summed E-state index contributed by atoms with van der Waals surface area (Å²) in [6, 6.07) is 24.1. The van der Waals surface area contributed by atoms with Gasteiger partial charge in [0.2, 0.25) is 5.88 Å². The summed E-state index contributed by atoms with van der Waals surface area (Å²) in [7, 11) is 0. The fourth-order valence-electron chi connectivity index (χ4n) is 3.43. The molecule has 0 spiro atoms. The lowest BCUT2D eigenvalue weighted by Crippen LogP contribution is -1.98. The molecule has 0 bridgehead atoms. The van der Waals surface area contributed by atoms with Gasteiger partial charge in [-0.3, -0.25) is 0 Å². The normalized spacial score (nSPS) is 11.1. The van der Waals surface area contributed by atoms with Crippen molar-refractivity contribution in [2.24, 2.45) is 0 Å². The third-order valence-corrected chi connectivity index (χ3v) is 5.18. The zero-order valence-corrected chi connectivity index (χ0v) is 16.2. The number of benzene rings is 3. The Kier molecular flexibility index (Phi) is 4.54. The Balaban J connectivity index is 1.59. The zero-order valence-electron chi connectivity index (χ0n) is 15.4. The highest BCUT2D eigenvalue weighted by molar-refractivity contribution is 6.34. The second-order valence-electron chi connectivity index (χ2n) is 6.69. The molecule has 0 unspecified atom stereocenters. The van der Waals surface area contributed by atoms with Gasteiger partial charge in [0.05, 0.1) is 10.9 Å². The van der Waals surface area contributed by atoms with Crippen LogP contribution < -0.4 is 4.74 Å². The molecule has 3 aromatic carbocycles. The summed E-state index contributed by atoms with van der Waals surface area (Å²) in [6.07, 6.45) is 3.34. The van der Waals surface area contributed by atoms with Crippen LogP contribution >= 0.6 is 11.6 Å². The SMILES string of the molecule is Clc1ncc(-c2ccc3ncnc(OCc4ccccc4)c3c2)c2ccccc12. The van der Waals surface area contributed by atoms with Crippen LogP contribution in [0.3, 0.4) is 0 Å². The van der Waals surface area contributed by atoms with Gasteiger partial charge in [-0.1, -0.05) is 72.3 Å². The quantitative estimate of drug-likeness (QED) is 0.345. The molecule has 0 aliphatic carbocycles. The Hall–Kier alpha value is -3.50. The molecule has 140 valence electrons. The maximum Gasteiger partial charge on any atom is 0.224 e.